The van der Waals surface area contributed by atoms with E-state index >= 15 is 0 Å². The molecule has 0 spiro atoms. The summed E-state index contributed by atoms with van der Waals surface area (Å²) in [6.45, 7) is 4.41. The molecule has 4 nitrogen and oxygen atoms in total. The summed E-state index contributed by atoms with van der Waals surface area (Å²) >= 11 is 0. The third-order valence-corrected chi connectivity index (χ3v) is 2.73. The molecule has 0 saturated carbocycles. The van der Waals surface area contributed by atoms with Gasteiger partial charge in [-0.1, -0.05) is 6.92 Å². The fourth-order valence-corrected chi connectivity index (χ4v) is 1.92. The van der Waals surface area contributed by atoms with E-state index in [4.69, 9.17) is 5.11 Å². The average molecular weight is 200 g/mol. The molecule has 1 rings (SSSR count). The van der Waals surface area contributed by atoms with E-state index in [0.717, 1.165) is 19.5 Å². The molecule has 1 fully saturated rings. The summed E-state index contributed by atoms with van der Waals surface area (Å²) in [4.78, 5) is 13.4. The Bertz CT molecular complexity index is 197. The van der Waals surface area contributed by atoms with Crippen molar-refractivity contribution < 1.29 is 9.90 Å². The Balaban J connectivity index is 2.42. The number of aliphatic hydroxyl groups is 1. The fraction of sp³-hybridized carbons (Fsp3) is 0.900. The van der Waals surface area contributed by atoms with E-state index in [0.29, 0.717) is 12.5 Å². The number of piperidine rings is 1. The highest BCUT2D eigenvalue weighted by Crippen LogP contribution is 2.17. The second-order valence-electron chi connectivity index (χ2n) is 4.18. The molecule has 0 aromatic carbocycles. The highest BCUT2D eigenvalue weighted by Gasteiger charge is 2.26. The predicted molar refractivity (Wildman–Crippen MR) is 54.9 cm³/mol. The van der Waals surface area contributed by atoms with Crippen molar-refractivity contribution in [2.45, 2.75) is 13.3 Å². The molecule has 1 saturated heterocycles. The van der Waals surface area contributed by atoms with Gasteiger partial charge in [0, 0.05) is 20.1 Å². The Labute approximate surface area is 85.3 Å². The van der Waals surface area contributed by atoms with Crippen molar-refractivity contribution >= 4 is 5.91 Å². The molecule has 1 heterocycles. The van der Waals surface area contributed by atoms with Gasteiger partial charge in [0.25, 0.3) is 0 Å². The largest absolute Gasteiger partial charge is 0.395 e. The Morgan fingerprint density at radius 2 is 2.29 bits per heavy atom. The smallest absolute Gasteiger partial charge is 0.226 e. The predicted octanol–water partition coefficient (Wildman–Crippen LogP) is -0.317. The molecule has 1 amide bonds. The molecule has 0 bridgehead atoms. The van der Waals surface area contributed by atoms with Crippen LogP contribution in [-0.2, 0) is 4.79 Å². The summed E-state index contributed by atoms with van der Waals surface area (Å²) in [6, 6.07) is 0. The second kappa shape index (κ2) is 5.32. The van der Waals surface area contributed by atoms with Gasteiger partial charge in [-0.2, -0.15) is 0 Å². The summed E-state index contributed by atoms with van der Waals surface area (Å²) in [5.74, 6) is 0.814. The molecule has 14 heavy (non-hydrogen) atoms. The lowest BCUT2D eigenvalue weighted by Gasteiger charge is -2.29. The number of rotatable bonds is 3. The van der Waals surface area contributed by atoms with Crippen LogP contribution in [0.1, 0.15) is 13.3 Å². The summed E-state index contributed by atoms with van der Waals surface area (Å²) < 4.78 is 0. The maximum atomic E-state index is 11.8. The van der Waals surface area contributed by atoms with Gasteiger partial charge in [-0.25, -0.2) is 0 Å². The van der Waals surface area contributed by atoms with Crippen molar-refractivity contribution in [3.05, 3.63) is 0 Å². The molecule has 2 atom stereocenters. The minimum absolute atomic E-state index is 0.0396. The maximum absolute atomic E-state index is 11.8. The first-order chi connectivity index (χ1) is 6.65. The van der Waals surface area contributed by atoms with E-state index in [1.165, 1.54) is 0 Å². The number of hydrogen-bond donors (Lipinski definition) is 2. The summed E-state index contributed by atoms with van der Waals surface area (Å²) in [5.41, 5.74) is 0. The van der Waals surface area contributed by atoms with Crippen LogP contribution in [0, 0.1) is 11.8 Å². The monoisotopic (exact) mass is 200 g/mol. The summed E-state index contributed by atoms with van der Waals surface area (Å²) in [7, 11) is 1.75. The molecular formula is C10H20N2O2. The first-order valence-corrected chi connectivity index (χ1v) is 5.21. The Morgan fingerprint density at radius 1 is 1.57 bits per heavy atom. The van der Waals surface area contributed by atoms with Gasteiger partial charge >= 0.3 is 0 Å². The van der Waals surface area contributed by atoms with E-state index in [1.807, 2.05) is 0 Å². The SMILES string of the molecule is CC1CNCC(C(=O)N(C)CCO)C1. The zero-order valence-electron chi connectivity index (χ0n) is 8.99. The van der Waals surface area contributed by atoms with E-state index in [1.54, 1.807) is 11.9 Å². The quantitative estimate of drug-likeness (QED) is 0.656. The van der Waals surface area contributed by atoms with E-state index in [2.05, 4.69) is 12.2 Å². The minimum Gasteiger partial charge on any atom is -0.395 e. The summed E-state index contributed by atoms with van der Waals surface area (Å²) in [5, 5.41) is 12.0. The van der Waals surface area contributed by atoms with Crippen LogP contribution in [0.5, 0.6) is 0 Å². The zero-order chi connectivity index (χ0) is 10.6. The first kappa shape index (κ1) is 11.5. The van der Waals surface area contributed by atoms with Crippen molar-refractivity contribution in [1.29, 1.82) is 0 Å². The van der Waals surface area contributed by atoms with Crippen LogP contribution in [0.25, 0.3) is 0 Å². The highest BCUT2D eigenvalue weighted by atomic mass is 16.3. The lowest BCUT2D eigenvalue weighted by Crippen LogP contribution is -2.44. The number of likely N-dealkylation sites (N-methyl/N-ethyl adjacent to an activating group) is 1. The zero-order valence-corrected chi connectivity index (χ0v) is 8.99. The Morgan fingerprint density at radius 3 is 2.86 bits per heavy atom. The van der Waals surface area contributed by atoms with Crippen molar-refractivity contribution in [3.8, 4) is 0 Å². The van der Waals surface area contributed by atoms with Gasteiger partial charge in [0.05, 0.1) is 12.5 Å². The molecule has 2 unspecified atom stereocenters. The number of amides is 1. The molecule has 0 aliphatic carbocycles. The lowest BCUT2D eigenvalue weighted by atomic mass is 9.91. The number of nitrogens with one attached hydrogen (secondary N) is 1. The fourth-order valence-electron chi connectivity index (χ4n) is 1.92. The van der Waals surface area contributed by atoms with E-state index < -0.39 is 0 Å². The van der Waals surface area contributed by atoms with Crippen LogP contribution in [0.4, 0.5) is 0 Å². The molecule has 4 heteroatoms. The Hall–Kier alpha value is -0.610. The maximum Gasteiger partial charge on any atom is 0.226 e. The highest BCUT2D eigenvalue weighted by molar-refractivity contribution is 5.78. The first-order valence-electron chi connectivity index (χ1n) is 5.21. The van der Waals surface area contributed by atoms with Crippen LogP contribution in [0.15, 0.2) is 0 Å². The molecule has 0 aromatic rings. The molecule has 82 valence electrons. The molecule has 1 aliphatic heterocycles. The average Bonchev–Trinajstić information content (AvgIpc) is 2.17. The normalized spacial score (nSPS) is 27.4. The van der Waals surface area contributed by atoms with Gasteiger partial charge in [-0.05, 0) is 18.9 Å². The number of carbonyl (C=O) groups is 1. The standard InChI is InChI=1S/C10H20N2O2/c1-8-5-9(7-11-6-8)10(14)12(2)3-4-13/h8-9,11,13H,3-7H2,1-2H3. The van der Waals surface area contributed by atoms with Crippen LogP contribution in [0.3, 0.4) is 0 Å². The van der Waals surface area contributed by atoms with Gasteiger partial charge < -0.3 is 15.3 Å². The number of hydrogen-bond acceptors (Lipinski definition) is 3. The van der Waals surface area contributed by atoms with Gasteiger partial charge in [-0.15, -0.1) is 0 Å². The minimum atomic E-state index is 0.0396. The van der Waals surface area contributed by atoms with Crippen LogP contribution < -0.4 is 5.32 Å². The number of aliphatic hydroxyl groups excluding tert-OH is 1. The lowest BCUT2D eigenvalue weighted by molar-refractivity contribution is -0.135. The molecule has 2 N–H and O–H groups in total. The molecule has 1 aliphatic rings. The third-order valence-electron chi connectivity index (χ3n) is 2.73. The van der Waals surface area contributed by atoms with Crippen molar-refractivity contribution in [3.63, 3.8) is 0 Å². The Kier molecular flexibility index (Phi) is 4.35. The van der Waals surface area contributed by atoms with Gasteiger partial charge in [0.15, 0.2) is 0 Å². The van der Waals surface area contributed by atoms with Gasteiger partial charge in [0.2, 0.25) is 5.91 Å². The van der Waals surface area contributed by atoms with Crippen LogP contribution in [-0.4, -0.2) is 49.2 Å². The van der Waals surface area contributed by atoms with Gasteiger partial charge in [-0.3, -0.25) is 4.79 Å². The summed E-state index contributed by atoms with van der Waals surface area (Å²) in [6.07, 6.45) is 0.960. The number of nitrogens with zero attached hydrogens (tertiary/aromatic N) is 1. The molecular weight excluding hydrogens is 180 g/mol. The van der Waals surface area contributed by atoms with Crippen LogP contribution in [0.2, 0.25) is 0 Å². The second-order valence-corrected chi connectivity index (χ2v) is 4.18. The topological polar surface area (TPSA) is 52.6 Å². The van der Waals surface area contributed by atoms with Crippen LogP contribution >= 0.6 is 0 Å². The van der Waals surface area contributed by atoms with Crippen molar-refractivity contribution in [2.24, 2.45) is 11.8 Å². The molecule has 0 radical (unpaired) electrons. The third kappa shape index (κ3) is 2.96. The van der Waals surface area contributed by atoms with Crippen molar-refractivity contribution in [2.75, 3.05) is 33.3 Å². The number of carbonyl (C=O) groups excluding carboxylic acids is 1. The van der Waals surface area contributed by atoms with E-state index in [9.17, 15) is 4.79 Å². The molecule has 0 aromatic heterocycles. The van der Waals surface area contributed by atoms with E-state index in [-0.39, 0.29) is 18.4 Å². The van der Waals surface area contributed by atoms with Crippen molar-refractivity contribution in [1.82, 2.24) is 10.2 Å². The van der Waals surface area contributed by atoms with Gasteiger partial charge in [0.1, 0.15) is 0 Å².